The van der Waals surface area contributed by atoms with Gasteiger partial charge in [0.15, 0.2) is 17.5 Å². The highest BCUT2D eigenvalue weighted by atomic mass is 32.2. The SMILES string of the molecule is CC(=O)N1CCN(c2cccc(-c3cnc4ccc(C(F)(F)F)cn34)n2)CC1.CC(=O)N1CCN(c2ccnc(-c3cnc4ccc(C(F)F)cn34)n2)CC1.CS(=O)(=O)NC[C@@H]1CN(c2ccnc(-c3cnc4ccc(C(F)(F)F)cn34)n2)CCO1.FC(F)(F)c1ccc2ncc(-c3cccc(N4CCOC(c5cn[nH]c5)C4)n3)n2c1.FC(F)c1ccc2ncc(-c3nccc(N4CCOC(c5cn[nH]c5)C4)n3)n2c1. The molecule has 0 saturated carbocycles. The summed E-state index contributed by atoms with van der Waals surface area (Å²) in [4.78, 5) is 93.8. The van der Waals surface area contributed by atoms with Crippen molar-refractivity contribution in [1.82, 2.24) is 122 Å². The number of aromatic nitrogens is 22. The molecule has 5 fully saturated rings. The van der Waals surface area contributed by atoms with Crippen LogP contribution in [-0.4, -0.2) is 268 Å². The zero-order valence-corrected chi connectivity index (χ0v) is 78.0. The molecular formula is C94H89F13N30O7S. The number of carbonyl (C=O) groups excluding carboxylic acids is 2. The number of sulfonamides is 1. The molecule has 2 unspecified atom stereocenters. The van der Waals surface area contributed by atoms with Crippen LogP contribution in [0.2, 0.25) is 0 Å². The van der Waals surface area contributed by atoms with Crippen molar-refractivity contribution in [3.63, 3.8) is 0 Å². The lowest BCUT2D eigenvalue weighted by Gasteiger charge is -2.35. The number of carbonyl (C=O) groups is 2. The van der Waals surface area contributed by atoms with Crippen LogP contribution < -0.4 is 29.2 Å². The van der Waals surface area contributed by atoms with Gasteiger partial charge in [0.05, 0.1) is 115 Å². The maximum absolute atomic E-state index is 13.1. The third kappa shape index (κ3) is 23.3. The topological polar surface area (TPSA) is 378 Å². The molecule has 22 heterocycles. The molecule has 3 atom stereocenters. The van der Waals surface area contributed by atoms with Gasteiger partial charge < -0.3 is 48.5 Å². The van der Waals surface area contributed by atoms with Gasteiger partial charge in [-0.25, -0.2) is 95.5 Å². The standard InChI is InChI=1S/C20H17F3N6O.C19H18F3N5O.C19H17F2N7O.C18H19F3N6O3S.C18H18F2N6O/c21-20(22,23)14-4-5-18-24-10-16(29(18)11-14)15-2-1-3-19(27-15)28-6-7-30-17(12-28)13-8-25-26-9-13;1-13(28)25-7-9-26(10-8-25)18-4-2-3-15(24-18)16-11-23-17-6-5-14(12-27(16)17)19(20,21)22;20-18(21)12-1-2-16-23-9-14(28(16)10-12)19-22-4-3-17(26-19)27-5-6-29-15(11-27)13-7-24-25-8-13;1-31(28,29)24-8-13-11-26(6-7-30-13)16-4-5-22-17(25-16)14-9-23-15-3-2-12(10-27(14)15)18(19,20)21;1-12(27)24-6-8-25(9-7-24)16-4-5-21-18(23-16)14-10-22-15-3-2-13(17(19)20)11-26(14)15/h1-5,8-11,17H,6-7,12H2,(H,25,26);2-6,11-12H,7-10H2,1H3;1-4,7-10,15,18H,5-6,11H2,(H,24,25);2-5,9-10,13,24H,6-8,11H2,1H3;2-5,10-11,17H,6-9H2,1H3/t;;;13-;/m...1./s1. The van der Waals surface area contributed by atoms with Crippen molar-refractivity contribution in [1.29, 1.82) is 0 Å². The number of aromatic amines is 2. The third-order valence-electron chi connectivity index (χ3n) is 24.4. The van der Waals surface area contributed by atoms with Crippen molar-refractivity contribution in [2.24, 2.45) is 0 Å². The quantitative estimate of drug-likeness (QED) is 0.0713. The highest BCUT2D eigenvalue weighted by Crippen LogP contribution is 2.38. The number of hydrogen-bond acceptors (Lipinski definition) is 27. The van der Waals surface area contributed by atoms with Gasteiger partial charge in [-0.3, -0.25) is 41.8 Å². The van der Waals surface area contributed by atoms with Crippen molar-refractivity contribution in [2.45, 2.75) is 63.5 Å². The molecule has 0 aromatic carbocycles. The van der Waals surface area contributed by atoms with E-state index in [0.717, 1.165) is 77.4 Å². The van der Waals surface area contributed by atoms with Crippen molar-refractivity contribution >= 4 is 79.2 Å². The smallest absolute Gasteiger partial charge is 0.373 e. The highest BCUT2D eigenvalue weighted by molar-refractivity contribution is 7.88. The molecule has 5 aliphatic heterocycles. The summed E-state index contributed by atoms with van der Waals surface area (Å²) in [6, 6.07) is 29.1. The van der Waals surface area contributed by atoms with Gasteiger partial charge in [-0.2, -0.15) is 49.7 Å². The second-order valence-corrected chi connectivity index (χ2v) is 35.7. The van der Waals surface area contributed by atoms with Crippen LogP contribution in [0.25, 0.3) is 85.6 Å². The summed E-state index contributed by atoms with van der Waals surface area (Å²) in [7, 11) is -3.34. The molecule has 2 amide bonds. The van der Waals surface area contributed by atoms with Crippen LogP contribution in [0.5, 0.6) is 0 Å². The second-order valence-electron chi connectivity index (χ2n) is 33.8. The Morgan fingerprint density at radius 1 is 0.386 bits per heavy atom. The van der Waals surface area contributed by atoms with Crippen molar-refractivity contribution in [3.8, 4) is 57.3 Å². The van der Waals surface area contributed by atoms with E-state index in [9.17, 15) is 75.1 Å². The zero-order chi connectivity index (χ0) is 102. The summed E-state index contributed by atoms with van der Waals surface area (Å²) in [5.41, 5.74) is 5.31. The van der Waals surface area contributed by atoms with Crippen LogP contribution in [-0.2, 0) is 52.4 Å². The largest absolute Gasteiger partial charge is 0.417 e. The van der Waals surface area contributed by atoms with E-state index in [1.807, 2.05) is 41.4 Å². The summed E-state index contributed by atoms with van der Waals surface area (Å²) in [6.07, 6.45) is 7.38. The molecule has 22 rings (SSSR count). The van der Waals surface area contributed by atoms with Crippen LogP contribution >= 0.6 is 0 Å². The number of hydrogen-bond donors (Lipinski definition) is 3. The minimum Gasteiger partial charge on any atom is -0.373 e. The molecular weight excluding hydrogens is 1940 g/mol. The van der Waals surface area contributed by atoms with E-state index < -0.39 is 58.1 Å². The Hall–Kier alpha value is -15.8. The number of pyridine rings is 7. The normalized spacial score (nSPS) is 16.7. The van der Waals surface area contributed by atoms with Crippen molar-refractivity contribution < 1.29 is 89.3 Å². The molecule has 3 N–H and O–H groups in total. The fraction of sp³-hybridized carbons (Fsp3) is 0.309. The van der Waals surface area contributed by atoms with E-state index in [0.29, 0.717) is 197 Å². The fourth-order valence-corrected chi connectivity index (χ4v) is 17.3. The van der Waals surface area contributed by atoms with Crippen LogP contribution in [0, 0.1) is 0 Å². The van der Waals surface area contributed by atoms with E-state index in [2.05, 4.69) is 105 Å². The van der Waals surface area contributed by atoms with Gasteiger partial charge in [-0.05, 0) is 103 Å². The van der Waals surface area contributed by atoms with Gasteiger partial charge in [0.2, 0.25) is 21.8 Å². The Morgan fingerprint density at radius 2 is 0.717 bits per heavy atom. The monoisotopic (exact) mass is 2030 g/mol. The highest BCUT2D eigenvalue weighted by Gasteiger charge is 2.36. The number of halogens is 13. The number of alkyl halides is 13. The van der Waals surface area contributed by atoms with E-state index in [1.165, 1.54) is 80.7 Å². The van der Waals surface area contributed by atoms with E-state index >= 15 is 0 Å². The number of rotatable bonds is 17. The average molecular weight is 2030 g/mol. The van der Waals surface area contributed by atoms with E-state index in [-0.39, 0.29) is 53.6 Å². The Kier molecular flexibility index (Phi) is 29.1. The van der Waals surface area contributed by atoms with Gasteiger partial charge in [0, 0.05) is 196 Å². The molecule has 754 valence electrons. The Labute approximate surface area is 815 Å². The molecule has 0 aliphatic carbocycles. The first kappa shape index (κ1) is 99.4. The summed E-state index contributed by atoms with van der Waals surface area (Å²) < 4.78 is 220. The summed E-state index contributed by atoms with van der Waals surface area (Å²) >= 11 is 0. The predicted molar refractivity (Wildman–Crippen MR) is 503 cm³/mol. The Bertz CT molecular complexity index is 7540. The lowest BCUT2D eigenvalue weighted by Crippen LogP contribution is -2.48. The van der Waals surface area contributed by atoms with Crippen LogP contribution in [0.15, 0.2) is 221 Å². The Balaban J connectivity index is 0.000000119. The first-order valence-corrected chi connectivity index (χ1v) is 47.1. The Morgan fingerprint density at radius 3 is 1.07 bits per heavy atom. The van der Waals surface area contributed by atoms with Gasteiger partial charge >= 0.3 is 18.5 Å². The number of H-pyrrole nitrogens is 2. The molecule has 0 spiro atoms. The number of imidazole rings is 5. The second kappa shape index (κ2) is 42.4. The number of anilines is 5. The minimum atomic E-state index is -4.48. The van der Waals surface area contributed by atoms with Crippen LogP contribution in [0.3, 0.4) is 0 Å². The van der Waals surface area contributed by atoms with Crippen molar-refractivity contribution in [3.05, 3.63) is 260 Å². The number of ether oxygens (including phenoxy) is 3. The number of fused-ring (bicyclic) bond motifs is 5. The number of piperazine rings is 2. The molecule has 37 nitrogen and oxygen atoms in total. The number of nitrogens with zero attached hydrogens (tertiary/aromatic N) is 27. The molecule has 5 saturated heterocycles. The lowest BCUT2D eigenvalue weighted by atomic mass is 10.1. The number of amides is 2. The zero-order valence-electron chi connectivity index (χ0n) is 77.2. The van der Waals surface area contributed by atoms with E-state index in [4.69, 9.17) is 19.2 Å². The average Bonchev–Trinajstić information content (AvgIpc) is 1.67. The maximum atomic E-state index is 13.1. The first-order chi connectivity index (χ1) is 69.6. The molecule has 145 heavy (non-hydrogen) atoms. The number of nitrogens with one attached hydrogen (secondary N) is 3. The molecule has 17 aromatic rings. The van der Waals surface area contributed by atoms with Crippen LogP contribution in [0.4, 0.5) is 86.2 Å². The minimum absolute atomic E-state index is 0.0487. The van der Waals surface area contributed by atoms with Gasteiger partial charge in [-0.1, -0.05) is 12.1 Å². The molecule has 5 aliphatic rings. The lowest BCUT2D eigenvalue weighted by molar-refractivity contribution is -0.138. The van der Waals surface area contributed by atoms with Crippen molar-refractivity contribution in [2.75, 3.05) is 149 Å². The fourth-order valence-electron chi connectivity index (χ4n) is 16.8. The summed E-state index contributed by atoms with van der Waals surface area (Å²) in [5, 5.41) is 13.5. The van der Waals surface area contributed by atoms with Gasteiger partial charge in [-0.15, -0.1) is 0 Å². The van der Waals surface area contributed by atoms with Crippen LogP contribution in [0.1, 0.15) is 77.9 Å². The molecule has 17 aromatic heterocycles. The number of morpholine rings is 3. The molecule has 51 heteroatoms. The molecule has 0 bridgehead atoms. The van der Waals surface area contributed by atoms with Gasteiger partial charge in [0.25, 0.3) is 12.9 Å². The third-order valence-corrected chi connectivity index (χ3v) is 25.1. The molecule has 0 radical (unpaired) electrons. The van der Waals surface area contributed by atoms with E-state index in [1.54, 1.807) is 112 Å². The summed E-state index contributed by atoms with van der Waals surface area (Å²) in [5.74, 6) is 4.67. The summed E-state index contributed by atoms with van der Waals surface area (Å²) in [6.45, 7) is 13.4. The first-order valence-electron chi connectivity index (χ1n) is 45.2. The van der Waals surface area contributed by atoms with Gasteiger partial charge in [0.1, 0.15) is 86.6 Å². The predicted octanol–water partition coefficient (Wildman–Crippen LogP) is 13.8. The maximum Gasteiger partial charge on any atom is 0.417 e.